The fourth-order valence-corrected chi connectivity index (χ4v) is 3.48. The van der Waals surface area contributed by atoms with E-state index >= 15 is 0 Å². The number of halogens is 1. The first-order valence-electron chi connectivity index (χ1n) is 8.76. The van der Waals surface area contributed by atoms with E-state index < -0.39 is 0 Å². The molecule has 2 aromatic rings. The van der Waals surface area contributed by atoms with E-state index in [1.165, 1.54) is 23.4 Å². The molecule has 0 radical (unpaired) electrons. The molecule has 0 spiro atoms. The number of piperidine rings is 1. The van der Waals surface area contributed by atoms with Crippen LogP contribution in [0.2, 0.25) is 5.02 Å². The molecule has 1 saturated heterocycles. The Bertz CT molecular complexity index is 790. The summed E-state index contributed by atoms with van der Waals surface area (Å²) in [7, 11) is 0. The standard InChI is InChI=1S/C20H23ClN2O2/c1-14-2-4-15(5-3-14)6-7-16-8-10-23(11-9-16)20(25)17-12-18(21)19(24)22-13-17/h2-5,12-13,16H,6-11H2,1H3,(H,22,24). The molecule has 1 aliphatic heterocycles. The Kier molecular flexibility index (Phi) is 5.59. The lowest BCUT2D eigenvalue weighted by Crippen LogP contribution is -2.38. The van der Waals surface area contributed by atoms with Crippen molar-refractivity contribution in [1.29, 1.82) is 0 Å². The summed E-state index contributed by atoms with van der Waals surface area (Å²) < 4.78 is 0. The lowest BCUT2D eigenvalue weighted by atomic mass is 9.90. The lowest BCUT2D eigenvalue weighted by Gasteiger charge is -2.32. The molecule has 1 aromatic carbocycles. The molecule has 132 valence electrons. The van der Waals surface area contributed by atoms with Gasteiger partial charge in [0.2, 0.25) is 0 Å². The summed E-state index contributed by atoms with van der Waals surface area (Å²) in [4.78, 5) is 28.2. The number of hydrogen-bond acceptors (Lipinski definition) is 2. The quantitative estimate of drug-likeness (QED) is 0.903. The topological polar surface area (TPSA) is 53.2 Å². The van der Waals surface area contributed by atoms with Crippen LogP contribution in [-0.2, 0) is 6.42 Å². The first kappa shape index (κ1) is 17.7. The van der Waals surface area contributed by atoms with Crippen LogP contribution in [0, 0.1) is 12.8 Å². The van der Waals surface area contributed by atoms with Crippen molar-refractivity contribution >= 4 is 17.5 Å². The first-order chi connectivity index (χ1) is 12.0. The molecule has 1 fully saturated rings. The van der Waals surface area contributed by atoms with Crippen molar-refractivity contribution in [1.82, 2.24) is 9.88 Å². The third-order valence-electron chi connectivity index (χ3n) is 4.97. The minimum atomic E-state index is -0.368. The van der Waals surface area contributed by atoms with Gasteiger partial charge in [-0.3, -0.25) is 9.59 Å². The second kappa shape index (κ2) is 7.87. The normalized spacial score (nSPS) is 15.4. The average Bonchev–Trinajstić information content (AvgIpc) is 2.63. The number of carbonyl (C=O) groups excluding carboxylic acids is 1. The van der Waals surface area contributed by atoms with Gasteiger partial charge in [0.1, 0.15) is 5.02 Å². The number of amides is 1. The molecular weight excluding hydrogens is 336 g/mol. The molecule has 25 heavy (non-hydrogen) atoms. The highest BCUT2D eigenvalue weighted by Crippen LogP contribution is 2.23. The van der Waals surface area contributed by atoms with E-state index in [2.05, 4.69) is 36.2 Å². The molecule has 0 bridgehead atoms. The van der Waals surface area contributed by atoms with Gasteiger partial charge < -0.3 is 9.88 Å². The number of nitrogens with one attached hydrogen (secondary N) is 1. The Morgan fingerprint density at radius 1 is 1.24 bits per heavy atom. The first-order valence-corrected chi connectivity index (χ1v) is 9.14. The zero-order valence-electron chi connectivity index (χ0n) is 14.4. The summed E-state index contributed by atoms with van der Waals surface area (Å²) in [5.41, 5.74) is 2.75. The number of H-pyrrole nitrogens is 1. The number of rotatable bonds is 4. The van der Waals surface area contributed by atoms with Gasteiger partial charge in [-0.2, -0.15) is 0 Å². The van der Waals surface area contributed by atoms with Gasteiger partial charge in [0.25, 0.3) is 11.5 Å². The maximum Gasteiger partial charge on any atom is 0.266 e. The summed E-state index contributed by atoms with van der Waals surface area (Å²) in [6, 6.07) is 10.2. The van der Waals surface area contributed by atoms with Crippen LogP contribution in [0.4, 0.5) is 0 Å². The number of nitrogens with zero attached hydrogens (tertiary/aromatic N) is 1. The van der Waals surface area contributed by atoms with Crippen LogP contribution >= 0.6 is 11.6 Å². The van der Waals surface area contributed by atoms with Crippen molar-refractivity contribution in [2.45, 2.75) is 32.6 Å². The number of hydrogen-bond donors (Lipinski definition) is 1. The van der Waals surface area contributed by atoms with E-state index in [0.717, 1.165) is 38.8 Å². The van der Waals surface area contributed by atoms with E-state index in [9.17, 15) is 9.59 Å². The maximum absolute atomic E-state index is 12.5. The molecule has 1 aliphatic rings. The summed E-state index contributed by atoms with van der Waals surface area (Å²) in [6.07, 6.45) is 5.74. The number of aromatic nitrogens is 1. The van der Waals surface area contributed by atoms with Crippen molar-refractivity contribution in [3.63, 3.8) is 0 Å². The van der Waals surface area contributed by atoms with Gasteiger partial charge in [0, 0.05) is 19.3 Å². The number of carbonyl (C=O) groups is 1. The van der Waals surface area contributed by atoms with E-state index in [0.29, 0.717) is 11.5 Å². The molecule has 3 rings (SSSR count). The summed E-state index contributed by atoms with van der Waals surface area (Å²) >= 11 is 5.81. The molecule has 4 nitrogen and oxygen atoms in total. The van der Waals surface area contributed by atoms with E-state index in [1.54, 1.807) is 0 Å². The number of likely N-dealkylation sites (tertiary alicyclic amines) is 1. The Balaban J connectivity index is 1.51. The predicted molar refractivity (Wildman–Crippen MR) is 100 cm³/mol. The highest BCUT2D eigenvalue weighted by Gasteiger charge is 2.24. The third kappa shape index (κ3) is 4.51. The van der Waals surface area contributed by atoms with Gasteiger partial charge in [-0.25, -0.2) is 0 Å². The molecule has 1 N–H and O–H groups in total. The monoisotopic (exact) mass is 358 g/mol. The number of benzene rings is 1. The van der Waals surface area contributed by atoms with Crippen molar-refractivity contribution in [3.8, 4) is 0 Å². The predicted octanol–water partition coefficient (Wildman–Crippen LogP) is 3.82. The van der Waals surface area contributed by atoms with Crippen LogP contribution in [0.15, 0.2) is 41.3 Å². The molecule has 0 unspecified atom stereocenters. The minimum absolute atomic E-state index is 0.0545. The smallest absolute Gasteiger partial charge is 0.266 e. The Morgan fingerprint density at radius 3 is 2.56 bits per heavy atom. The van der Waals surface area contributed by atoms with Crippen LogP contribution in [0.25, 0.3) is 0 Å². The fraction of sp³-hybridized carbons (Fsp3) is 0.400. The number of pyridine rings is 1. The van der Waals surface area contributed by atoms with Crippen LogP contribution in [0.3, 0.4) is 0 Å². The van der Waals surface area contributed by atoms with Crippen molar-refractivity contribution in [2.75, 3.05) is 13.1 Å². The van der Waals surface area contributed by atoms with Crippen LogP contribution < -0.4 is 5.56 Å². The van der Waals surface area contributed by atoms with Gasteiger partial charge in [0.15, 0.2) is 0 Å². The molecule has 2 heterocycles. The Labute approximate surface area is 152 Å². The van der Waals surface area contributed by atoms with Crippen LogP contribution in [-0.4, -0.2) is 28.9 Å². The van der Waals surface area contributed by atoms with Gasteiger partial charge in [-0.05, 0) is 50.2 Å². The van der Waals surface area contributed by atoms with Crippen LogP contribution in [0.5, 0.6) is 0 Å². The Hall–Kier alpha value is -2.07. The average molecular weight is 359 g/mol. The summed E-state index contributed by atoms with van der Waals surface area (Å²) in [5, 5.41) is 0.0545. The van der Waals surface area contributed by atoms with E-state index in [4.69, 9.17) is 11.6 Å². The van der Waals surface area contributed by atoms with Gasteiger partial charge in [-0.1, -0.05) is 41.4 Å². The molecule has 1 amide bonds. The largest absolute Gasteiger partial charge is 0.339 e. The summed E-state index contributed by atoms with van der Waals surface area (Å²) in [6.45, 7) is 3.62. The second-order valence-corrected chi connectivity index (χ2v) is 7.23. The molecule has 0 aliphatic carbocycles. The lowest BCUT2D eigenvalue weighted by molar-refractivity contribution is 0.0686. The highest BCUT2D eigenvalue weighted by atomic mass is 35.5. The molecule has 1 aromatic heterocycles. The molecule has 0 atom stereocenters. The highest BCUT2D eigenvalue weighted by molar-refractivity contribution is 6.30. The minimum Gasteiger partial charge on any atom is -0.339 e. The zero-order chi connectivity index (χ0) is 17.8. The molecule has 5 heteroatoms. The maximum atomic E-state index is 12.5. The van der Waals surface area contributed by atoms with Gasteiger partial charge in [0.05, 0.1) is 5.56 Å². The van der Waals surface area contributed by atoms with Crippen molar-refractivity contribution < 1.29 is 4.79 Å². The van der Waals surface area contributed by atoms with Gasteiger partial charge in [-0.15, -0.1) is 0 Å². The zero-order valence-corrected chi connectivity index (χ0v) is 15.2. The van der Waals surface area contributed by atoms with E-state index in [1.807, 2.05) is 4.90 Å². The third-order valence-corrected chi connectivity index (χ3v) is 5.25. The van der Waals surface area contributed by atoms with Crippen molar-refractivity contribution in [3.05, 3.63) is 68.6 Å². The van der Waals surface area contributed by atoms with E-state index in [-0.39, 0.29) is 16.5 Å². The fourth-order valence-electron chi connectivity index (χ4n) is 3.31. The Morgan fingerprint density at radius 2 is 1.92 bits per heavy atom. The SMILES string of the molecule is Cc1ccc(CCC2CCN(C(=O)c3c[nH]c(=O)c(Cl)c3)CC2)cc1. The van der Waals surface area contributed by atoms with Gasteiger partial charge >= 0.3 is 0 Å². The van der Waals surface area contributed by atoms with Crippen LogP contribution in [0.1, 0.15) is 40.7 Å². The number of aryl methyl sites for hydroxylation is 2. The number of aromatic amines is 1. The van der Waals surface area contributed by atoms with Crippen molar-refractivity contribution in [2.24, 2.45) is 5.92 Å². The molecular formula is C20H23ClN2O2. The summed E-state index contributed by atoms with van der Waals surface area (Å²) in [5.74, 6) is 0.597. The second-order valence-electron chi connectivity index (χ2n) is 6.83. The molecule has 0 saturated carbocycles.